The Morgan fingerprint density at radius 3 is 2.50 bits per heavy atom. The molecule has 0 atom stereocenters. The van der Waals surface area contributed by atoms with E-state index in [-0.39, 0.29) is 15.0 Å². The van der Waals surface area contributed by atoms with E-state index in [9.17, 15) is 17.6 Å². The summed E-state index contributed by atoms with van der Waals surface area (Å²) in [4.78, 5) is 3.61. The third-order valence-electron chi connectivity index (χ3n) is 1.63. The van der Waals surface area contributed by atoms with Gasteiger partial charge in [-0.05, 0) is 22.6 Å². The molecule has 0 saturated carbocycles. The van der Waals surface area contributed by atoms with Crippen molar-refractivity contribution in [2.45, 2.75) is 13.0 Å². The third kappa shape index (κ3) is 3.09. The molecule has 0 spiro atoms. The molecule has 0 aromatic carbocycles. The van der Waals surface area contributed by atoms with E-state index in [4.69, 9.17) is 4.74 Å². The van der Waals surface area contributed by atoms with E-state index < -0.39 is 18.8 Å². The van der Waals surface area contributed by atoms with Gasteiger partial charge in [-0.25, -0.2) is 9.37 Å². The first-order valence-corrected chi connectivity index (χ1v) is 5.00. The van der Waals surface area contributed by atoms with Crippen molar-refractivity contribution in [3.05, 3.63) is 15.5 Å². The van der Waals surface area contributed by atoms with Crippen LogP contribution in [-0.2, 0) is 6.67 Å². The SMILES string of the molecule is COc1cnc(I)c(OC(F)(F)F)c1CF. The zero-order valence-electron chi connectivity index (χ0n) is 7.94. The molecule has 16 heavy (non-hydrogen) atoms. The van der Waals surface area contributed by atoms with Gasteiger partial charge in [0.15, 0.2) is 5.75 Å². The van der Waals surface area contributed by atoms with Crippen LogP contribution in [0, 0.1) is 3.70 Å². The van der Waals surface area contributed by atoms with E-state index in [2.05, 4.69) is 9.72 Å². The van der Waals surface area contributed by atoms with Crippen molar-refractivity contribution in [3.8, 4) is 11.5 Å². The van der Waals surface area contributed by atoms with Gasteiger partial charge in [-0.2, -0.15) is 0 Å². The van der Waals surface area contributed by atoms with E-state index in [0.717, 1.165) is 6.20 Å². The van der Waals surface area contributed by atoms with Crippen LogP contribution in [0.25, 0.3) is 0 Å². The molecule has 1 aromatic rings. The smallest absolute Gasteiger partial charge is 0.495 e. The van der Waals surface area contributed by atoms with Gasteiger partial charge in [0.2, 0.25) is 0 Å². The molecule has 0 N–H and O–H groups in total. The van der Waals surface area contributed by atoms with Crippen molar-refractivity contribution in [1.82, 2.24) is 4.98 Å². The summed E-state index contributed by atoms with van der Waals surface area (Å²) in [5.41, 5.74) is -0.306. The van der Waals surface area contributed by atoms with Crippen LogP contribution in [0.5, 0.6) is 11.5 Å². The molecular weight excluding hydrogens is 345 g/mol. The number of nitrogens with zero attached hydrogens (tertiary/aromatic N) is 1. The average molecular weight is 351 g/mol. The molecular formula is C8H6F4INO2. The minimum atomic E-state index is -4.89. The maximum absolute atomic E-state index is 12.6. The van der Waals surface area contributed by atoms with E-state index in [1.54, 1.807) is 0 Å². The second kappa shape index (κ2) is 5.02. The summed E-state index contributed by atoms with van der Waals surface area (Å²) in [6, 6.07) is 0. The number of halogens is 5. The highest BCUT2D eigenvalue weighted by molar-refractivity contribution is 14.1. The zero-order chi connectivity index (χ0) is 12.3. The first kappa shape index (κ1) is 13.3. The Bertz CT molecular complexity index is 383. The Kier molecular flexibility index (Phi) is 4.16. The van der Waals surface area contributed by atoms with Crippen LogP contribution >= 0.6 is 22.6 Å². The van der Waals surface area contributed by atoms with E-state index in [0.29, 0.717) is 0 Å². The Morgan fingerprint density at radius 2 is 2.06 bits per heavy atom. The molecule has 0 aliphatic rings. The normalized spacial score (nSPS) is 11.4. The van der Waals surface area contributed by atoms with Gasteiger partial charge in [-0.1, -0.05) is 0 Å². The van der Waals surface area contributed by atoms with Gasteiger partial charge in [-0.15, -0.1) is 13.2 Å². The van der Waals surface area contributed by atoms with Gasteiger partial charge < -0.3 is 9.47 Å². The molecule has 1 aromatic heterocycles. The molecule has 0 aliphatic carbocycles. The number of rotatable bonds is 3. The topological polar surface area (TPSA) is 31.4 Å². The van der Waals surface area contributed by atoms with E-state index in [1.807, 2.05) is 0 Å². The Hall–Kier alpha value is -0.800. The lowest BCUT2D eigenvalue weighted by atomic mass is 10.2. The number of methoxy groups -OCH3 is 1. The molecule has 0 fully saturated rings. The van der Waals surface area contributed by atoms with Crippen molar-refractivity contribution < 1.29 is 27.0 Å². The molecule has 1 heterocycles. The molecule has 3 nitrogen and oxygen atoms in total. The number of hydrogen-bond acceptors (Lipinski definition) is 3. The van der Waals surface area contributed by atoms with Crippen LogP contribution in [0.2, 0.25) is 0 Å². The molecule has 0 bridgehead atoms. The summed E-state index contributed by atoms with van der Waals surface area (Å²) in [5.74, 6) is -0.739. The standard InChI is InChI=1S/C8H6F4INO2/c1-15-5-3-14-7(13)6(4(5)2-9)16-8(10,11)12/h3H,2H2,1H3. The summed E-state index contributed by atoms with van der Waals surface area (Å²) in [7, 11) is 1.21. The molecule has 0 radical (unpaired) electrons. The van der Waals surface area contributed by atoms with Crippen molar-refractivity contribution in [2.75, 3.05) is 7.11 Å². The van der Waals surface area contributed by atoms with Gasteiger partial charge in [0.05, 0.1) is 18.9 Å². The maximum Gasteiger partial charge on any atom is 0.573 e. The summed E-state index contributed by atoms with van der Waals surface area (Å²) in [6.45, 7) is -1.13. The fourth-order valence-corrected chi connectivity index (χ4v) is 1.59. The van der Waals surface area contributed by atoms with Crippen LogP contribution in [0.1, 0.15) is 5.56 Å². The molecule has 8 heteroatoms. The van der Waals surface area contributed by atoms with E-state index in [1.165, 1.54) is 29.7 Å². The minimum absolute atomic E-state index is 0.0802. The Balaban J connectivity index is 3.23. The highest BCUT2D eigenvalue weighted by Crippen LogP contribution is 2.35. The fourth-order valence-electron chi connectivity index (χ4n) is 1.01. The predicted molar refractivity (Wildman–Crippen MR) is 55.0 cm³/mol. The number of pyridine rings is 1. The van der Waals surface area contributed by atoms with Crippen LogP contribution < -0.4 is 9.47 Å². The van der Waals surface area contributed by atoms with Crippen LogP contribution in [0.4, 0.5) is 17.6 Å². The highest BCUT2D eigenvalue weighted by Gasteiger charge is 2.34. The van der Waals surface area contributed by atoms with E-state index >= 15 is 0 Å². The van der Waals surface area contributed by atoms with Crippen molar-refractivity contribution in [2.24, 2.45) is 0 Å². The second-order valence-electron chi connectivity index (χ2n) is 2.61. The Labute approximate surface area is 102 Å². The molecule has 90 valence electrons. The maximum atomic E-state index is 12.6. The monoisotopic (exact) mass is 351 g/mol. The lowest BCUT2D eigenvalue weighted by molar-refractivity contribution is -0.275. The largest absolute Gasteiger partial charge is 0.573 e. The zero-order valence-corrected chi connectivity index (χ0v) is 10.1. The number of ether oxygens (including phenoxy) is 2. The van der Waals surface area contributed by atoms with Gasteiger partial charge in [-0.3, -0.25) is 0 Å². The molecule has 0 unspecified atom stereocenters. The van der Waals surface area contributed by atoms with Crippen LogP contribution in [-0.4, -0.2) is 18.5 Å². The van der Waals surface area contributed by atoms with Crippen molar-refractivity contribution in [3.63, 3.8) is 0 Å². The van der Waals surface area contributed by atoms with Crippen molar-refractivity contribution >= 4 is 22.6 Å². The Morgan fingerprint density at radius 1 is 1.44 bits per heavy atom. The lowest BCUT2D eigenvalue weighted by Crippen LogP contribution is -2.19. The molecule has 0 amide bonds. The number of hydrogen-bond donors (Lipinski definition) is 0. The lowest BCUT2D eigenvalue weighted by Gasteiger charge is -2.14. The predicted octanol–water partition coefficient (Wildman–Crippen LogP) is 3.06. The molecule has 1 rings (SSSR count). The van der Waals surface area contributed by atoms with Crippen LogP contribution in [0.3, 0.4) is 0 Å². The number of aromatic nitrogens is 1. The summed E-state index contributed by atoms with van der Waals surface area (Å²) < 4.78 is 57.1. The fraction of sp³-hybridized carbons (Fsp3) is 0.375. The summed E-state index contributed by atoms with van der Waals surface area (Å²) in [6.07, 6.45) is -3.75. The molecule has 0 aliphatic heterocycles. The molecule has 0 saturated heterocycles. The number of alkyl halides is 4. The van der Waals surface area contributed by atoms with Gasteiger partial charge in [0, 0.05) is 0 Å². The van der Waals surface area contributed by atoms with Gasteiger partial charge in [0.25, 0.3) is 0 Å². The quantitative estimate of drug-likeness (QED) is 0.477. The minimum Gasteiger partial charge on any atom is -0.495 e. The first-order valence-electron chi connectivity index (χ1n) is 3.92. The summed E-state index contributed by atoms with van der Waals surface area (Å²) in [5, 5.41) is 0. The summed E-state index contributed by atoms with van der Waals surface area (Å²) >= 11 is 1.52. The van der Waals surface area contributed by atoms with Gasteiger partial charge in [0.1, 0.15) is 16.1 Å². The van der Waals surface area contributed by atoms with Crippen molar-refractivity contribution in [1.29, 1.82) is 0 Å². The second-order valence-corrected chi connectivity index (χ2v) is 3.63. The first-order chi connectivity index (χ1) is 7.39. The highest BCUT2D eigenvalue weighted by atomic mass is 127. The van der Waals surface area contributed by atoms with Gasteiger partial charge >= 0.3 is 6.36 Å². The average Bonchev–Trinajstić information content (AvgIpc) is 2.19. The van der Waals surface area contributed by atoms with Crippen LogP contribution in [0.15, 0.2) is 6.20 Å². The third-order valence-corrected chi connectivity index (χ3v) is 2.39.